The van der Waals surface area contributed by atoms with Crippen LogP contribution in [-0.4, -0.2) is 29.7 Å². The van der Waals surface area contributed by atoms with E-state index in [0.29, 0.717) is 49.7 Å². The predicted octanol–water partition coefficient (Wildman–Crippen LogP) is 3.97. The Labute approximate surface area is 181 Å². The number of hydrogen-bond donors (Lipinski definition) is 1. The number of rotatable bonds is 6. The van der Waals surface area contributed by atoms with E-state index in [1.165, 1.54) is 36.2 Å². The van der Waals surface area contributed by atoms with Gasteiger partial charge in [0.1, 0.15) is 34.4 Å². The van der Waals surface area contributed by atoms with E-state index in [9.17, 15) is 14.0 Å². The van der Waals surface area contributed by atoms with Gasteiger partial charge in [-0.2, -0.15) is 0 Å². The molecule has 1 N–H and O–H groups in total. The molecule has 2 aromatic heterocycles. The molecule has 160 valence electrons. The van der Waals surface area contributed by atoms with Crippen LogP contribution in [0.4, 0.5) is 10.1 Å². The number of anilines is 1. The lowest BCUT2D eigenvalue weighted by Gasteiger charge is -2.13. The first-order valence-electron chi connectivity index (χ1n) is 9.58. The number of amides is 1. The van der Waals surface area contributed by atoms with Gasteiger partial charge in [0, 0.05) is 35.0 Å². The number of aromatic nitrogens is 2. The normalized spacial score (nSPS) is 11.1. The molecule has 0 unspecified atom stereocenters. The molecule has 2 heterocycles. The first kappa shape index (κ1) is 20.8. The molecule has 0 spiro atoms. The first-order valence-corrected chi connectivity index (χ1v) is 10.4. The molecule has 1 amide bonds. The second-order valence-corrected chi connectivity index (χ2v) is 7.87. The van der Waals surface area contributed by atoms with Crippen molar-refractivity contribution in [1.29, 1.82) is 0 Å². The third-order valence-corrected chi connectivity index (χ3v) is 6.02. The van der Waals surface area contributed by atoms with Gasteiger partial charge in [-0.05, 0) is 12.1 Å². The van der Waals surface area contributed by atoms with E-state index in [4.69, 9.17) is 9.47 Å². The van der Waals surface area contributed by atoms with Crippen LogP contribution in [-0.2, 0) is 17.8 Å². The Hall–Kier alpha value is -3.46. The summed E-state index contributed by atoms with van der Waals surface area (Å²) in [5.74, 6) is 0.646. The molecule has 0 saturated heterocycles. The van der Waals surface area contributed by atoms with Crippen LogP contribution in [0.3, 0.4) is 0 Å². The van der Waals surface area contributed by atoms with Crippen LogP contribution in [0.5, 0.6) is 11.5 Å². The Morgan fingerprint density at radius 3 is 2.55 bits per heavy atom. The maximum absolute atomic E-state index is 14.4. The molecule has 4 rings (SSSR count). The van der Waals surface area contributed by atoms with Crippen LogP contribution in [0.15, 0.2) is 41.2 Å². The summed E-state index contributed by atoms with van der Waals surface area (Å²) in [6, 6.07) is 9.70. The van der Waals surface area contributed by atoms with Crippen LogP contribution in [0.1, 0.15) is 12.7 Å². The van der Waals surface area contributed by atoms with Crippen LogP contribution < -0.4 is 20.3 Å². The molecule has 0 radical (unpaired) electrons. The van der Waals surface area contributed by atoms with E-state index < -0.39 is 11.7 Å². The summed E-state index contributed by atoms with van der Waals surface area (Å²) < 4.78 is 27.1. The summed E-state index contributed by atoms with van der Waals surface area (Å²) >= 11 is 1.18. The smallest absolute Gasteiger partial charge is 0.272 e. The third-order valence-electron chi connectivity index (χ3n) is 4.88. The zero-order chi connectivity index (χ0) is 22.1. The molecule has 0 atom stereocenters. The van der Waals surface area contributed by atoms with E-state index in [-0.39, 0.29) is 12.1 Å². The summed E-state index contributed by atoms with van der Waals surface area (Å²) in [6.45, 7) is 1.61. The van der Waals surface area contributed by atoms with Crippen molar-refractivity contribution in [1.82, 2.24) is 9.55 Å². The fraction of sp³-hybridized carbons (Fsp3) is 0.227. The second-order valence-electron chi connectivity index (χ2n) is 6.82. The summed E-state index contributed by atoms with van der Waals surface area (Å²) in [4.78, 5) is 30.4. The van der Waals surface area contributed by atoms with Gasteiger partial charge in [-0.1, -0.05) is 13.0 Å². The van der Waals surface area contributed by atoms with Crippen molar-refractivity contribution >= 4 is 43.2 Å². The van der Waals surface area contributed by atoms with Crippen molar-refractivity contribution in [3.63, 3.8) is 0 Å². The van der Waals surface area contributed by atoms with Gasteiger partial charge in [0.05, 0.1) is 25.1 Å². The number of methoxy groups -OCH3 is 2. The Kier molecular flexibility index (Phi) is 5.60. The van der Waals surface area contributed by atoms with Crippen molar-refractivity contribution in [2.75, 3.05) is 19.5 Å². The molecule has 0 bridgehead atoms. The van der Waals surface area contributed by atoms with E-state index in [1.54, 1.807) is 30.3 Å². The average Bonchev–Trinajstić information content (AvgIpc) is 3.15. The second kappa shape index (κ2) is 8.35. The zero-order valence-corrected chi connectivity index (χ0v) is 18.0. The summed E-state index contributed by atoms with van der Waals surface area (Å²) in [7, 11) is 3.03. The molecule has 0 saturated carbocycles. The number of hydrogen-bond acceptors (Lipinski definition) is 6. The Morgan fingerprint density at radius 2 is 1.90 bits per heavy atom. The zero-order valence-electron chi connectivity index (χ0n) is 17.2. The largest absolute Gasteiger partial charge is 0.497 e. The van der Waals surface area contributed by atoms with E-state index in [2.05, 4.69) is 10.3 Å². The first-order chi connectivity index (χ1) is 14.9. The van der Waals surface area contributed by atoms with Gasteiger partial charge in [-0.3, -0.25) is 14.2 Å². The number of ether oxygens (including phenoxy) is 2. The minimum Gasteiger partial charge on any atom is -0.497 e. The Bertz CT molecular complexity index is 1340. The third kappa shape index (κ3) is 3.84. The summed E-state index contributed by atoms with van der Waals surface area (Å²) in [5.41, 5.74) is 0.459. The highest BCUT2D eigenvalue weighted by molar-refractivity contribution is 7.25. The van der Waals surface area contributed by atoms with Crippen molar-refractivity contribution in [3.05, 3.63) is 58.4 Å². The number of halogens is 1. The molecule has 7 nitrogen and oxygen atoms in total. The van der Waals surface area contributed by atoms with Gasteiger partial charge in [-0.25, -0.2) is 9.37 Å². The van der Waals surface area contributed by atoms with Crippen molar-refractivity contribution < 1.29 is 18.7 Å². The molecule has 0 aliphatic heterocycles. The highest BCUT2D eigenvalue weighted by Crippen LogP contribution is 2.32. The minimum atomic E-state index is -0.417. The van der Waals surface area contributed by atoms with Crippen molar-refractivity contribution in [3.8, 4) is 11.5 Å². The molecule has 0 aliphatic carbocycles. The lowest BCUT2D eigenvalue weighted by Crippen LogP contribution is -2.30. The van der Waals surface area contributed by atoms with Gasteiger partial charge < -0.3 is 14.8 Å². The van der Waals surface area contributed by atoms with Gasteiger partial charge >= 0.3 is 0 Å². The molecule has 0 fully saturated rings. The number of nitrogens with zero attached hydrogens (tertiary/aromatic N) is 2. The molecular weight excluding hydrogens is 421 g/mol. The standard InChI is InChI=1S/C22H20FN3O4S/c1-4-17-25-20-19-15(23)6-5-7-16(19)31-21(20)22(28)26(17)11-18(27)24-12-8-13(29-2)10-14(9-12)30-3/h5-10H,4,11H2,1-3H3,(H,24,27). The number of fused-ring (bicyclic) bond motifs is 3. The monoisotopic (exact) mass is 441 g/mol. The Morgan fingerprint density at radius 1 is 1.19 bits per heavy atom. The number of benzene rings is 2. The van der Waals surface area contributed by atoms with E-state index in [1.807, 2.05) is 6.92 Å². The maximum Gasteiger partial charge on any atom is 0.272 e. The van der Waals surface area contributed by atoms with Crippen molar-refractivity contribution in [2.45, 2.75) is 19.9 Å². The highest BCUT2D eigenvalue weighted by atomic mass is 32.1. The number of thiophene rings is 1. The topological polar surface area (TPSA) is 82.5 Å². The van der Waals surface area contributed by atoms with Gasteiger partial charge in [0.25, 0.3) is 5.56 Å². The van der Waals surface area contributed by atoms with E-state index in [0.717, 1.165) is 0 Å². The highest BCUT2D eigenvalue weighted by Gasteiger charge is 2.19. The lowest BCUT2D eigenvalue weighted by atomic mass is 10.2. The SMILES string of the molecule is CCc1nc2c(sc3cccc(F)c32)c(=O)n1CC(=O)Nc1cc(OC)cc(OC)c1. The Balaban J connectivity index is 1.72. The van der Waals surface area contributed by atoms with Crippen molar-refractivity contribution in [2.24, 2.45) is 0 Å². The van der Waals surface area contributed by atoms with Gasteiger partial charge in [0.2, 0.25) is 5.91 Å². The van der Waals surface area contributed by atoms with E-state index >= 15 is 0 Å². The van der Waals surface area contributed by atoms with Crippen LogP contribution in [0, 0.1) is 5.82 Å². The number of aryl methyl sites for hydroxylation is 1. The molecular formula is C22H20FN3O4S. The maximum atomic E-state index is 14.4. The predicted molar refractivity (Wildman–Crippen MR) is 119 cm³/mol. The minimum absolute atomic E-state index is 0.221. The summed E-state index contributed by atoms with van der Waals surface area (Å²) in [6.07, 6.45) is 0.414. The fourth-order valence-corrected chi connectivity index (χ4v) is 4.53. The molecule has 4 aromatic rings. The van der Waals surface area contributed by atoms with Crippen LogP contribution in [0.25, 0.3) is 20.3 Å². The summed E-state index contributed by atoms with van der Waals surface area (Å²) in [5, 5.41) is 3.10. The fourth-order valence-electron chi connectivity index (χ4n) is 3.43. The molecule has 0 aliphatic rings. The number of carbonyl (C=O) groups is 1. The number of nitrogens with one attached hydrogen (secondary N) is 1. The van der Waals surface area contributed by atoms with Gasteiger partial charge in [-0.15, -0.1) is 11.3 Å². The average molecular weight is 441 g/mol. The molecule has 31 heavy (non-hydrogen) atoms. The van der Waals surface area contributed by atoms with Gasteiger partial charge in [0.15, 0.2) is 0 Å². The van der Waals surface area contributed by atoms with Crippen LogP contribution >= 0.6 is 11.3 Å². The molecule has 9 heteroatoms. The quantitative estimate of drug-likeness (QED) is 0.490. The number of carbonyl (C=O) groups excluding carboxylic acids is 1. The lowest BCUT2D eigenvalue weighted by molar-refractivity contribution is -0.116. The van der Waals surface area contributed by atoms with Crippen LogP contribution in [0.2, 0.25) is 0 Å². The molecule has 2 aromatic carbocycles.